The number of hydrogen-bond acceptors (Lipinski definition) is 7. The molecule has 20 heavy (non-hydrogen) atoms. The number of likely N-dealkylation sites (N-methyl/N-ethyl adjacent to an activating group) is 2. The Morgan fingerprint density at radius 3 is 2.10 bits per heavy atom. The SMILES string of the molecule is CCOC(=O)C(C(C)=O)=C1SC2C(S1)N(C)CCN2C. The fraction of sp³-hybridized carbons (Fsp3) is 0.692. The van der Waals surface area contributed by atoms with E-state index in [4.69, 9.17) is 4.74 Å². The number of fused-ring (bicyclic) bond motifs is 1. The van der Waals surface area contributed by atoms with Crippen molar-refractivity contribution in [2.45, 2.75) is 24.6 Å². The molecule has 2 unspecified atom stereocenters. The molecular formula is C13H20N2O3S2. The molecule has 0 radical (unpaired) electrons. The number of ether oxygens (including phenoxy) is 1. The van der Waals surface area contributed by atoms with E-state index < -0.39 is 5.97 Å². The number of thioether (sulfide) groups is 2. The summed E-state index contributed by atoms with van der Waals surface area (Å²) in [5.74, 6) is -0.721. The van der Waals surface area contributed by atoms with Gasteiger partial charge in [-0.1, -0.05) is 23.5 Å². The maximum atomic E-state index is 12.0. The van der Waals surface area contributed by atoms with Gasteiger partial charge in [-0.15, -0.1) is 0 Å². The van der Waals surface area contributed by atoms with Gasteiger partial charge in [-0.2, -0.15) is 0 Å². The van der Waals surface area contributed by atoms with E-state index in [2.05, 4.69) is 23.9 Å². The van der Waals surface area contributed by atoms with Crippen molar-refractivity contribution in [2.75, 3.05) is 33.8 Å². The second-order valence-electron chi connectivity index (χ2n) is 4.92. The quantitative estimate of drug-likeness (QED) is 0.337. The van der Waals surface area contributed by atoms with Gasteiger partial charge in [0.1, 0.15) is 5.57 Å². The van der Waals surface area contributed by atoms with E-state index in [9.17, 15) is 9.59 Å². The van der Waals surface area contributed by atoms with Crippen molar-refractivity contribution >= 4 is 35.3 Å². The molecule has 5 nitrogen and oxygen atoms in total. The molecule has 2 heterocycles. The summed E-state index contributed by atoms with van der Waals surface area (Å²) < 4.78 is 5.81. The normalized spacial score (nSPS) is 27.3. The van der Waals surface area contributed by atoms with Crippen LogP contribution in [0.1, 0.15) is 13.8 Å². The number of carbonyl (C=O) groups is 2. The Hall–Kier alpha value is -0.500. The molecule has 0 saturated carbocycles. The van der Waals surface area contributed by atoms with Crippen LogP contribution in [0.5, 0.6) is 0 Å². The van der Waals surface area contributed by atoms with Crippen molar-refractivity contribution in [1.29, 1.82) is 0 Å². The Morgan fingerprint density at radius 1 is 1.20 bits per heavy atom. The maximum absolute atomic E-state index is 12.0. The number of nitrogens with zero attached hydrogens (tertiary/aromatic N) is 2. The van der Waals surface area contributed by atoms with Crippen molar-refractivity contribution in [3.05, 3.63) is 9.81 Å². The van der Waals surface area contributed by atoms with Gasteiger partial charge >= 0.3 is 5.97 Å². The van der Waals surface area contributed by atoms with Crippen molar-refractivity contribution in [3.8, 4) is 0 Å². The van der Waals surface area contributed by atoms with Crippen LogP contribution in [0.15, 0.2) is 9.81 Å². The summed E-state index contributed by atoms with van der Waals surface area (Å²) in [4.78, 5) is 28.3. The fourth-order valence-corrected chi connectivity index (χ4v) is 5.74. The third kappa shape index (κ3) is 3.05. The molecule has 2 fully saturated rings. The lowest BCUT2D eigenvalue weighted by molar-refractivity contribution is -0.139. The highest BCUT2D eigenvalue weighted by atomic mass is 32.2. The molecule has 2 rings (SSSR count). The lowest BCUT2D eigenvalue weighted by atomic mass is 10.2. The second kappa shape index (κ2) is 6.51. The standard InChI is InChI=1S/C13H20N2O3S2/c1-5-18-12(17)9(8(2)16)13-19-10-11(20-13)15(4)7-6-14(10)3/h10-11H,5-7H2,1-4H3. The summed E-state index contributed by atoms with van der Waals surface area (Å²) in [5, 5.41) is 0.551. The maximum Gasteiger partial charge on any atom is 0.343 e. The van der Waals surface area contributed by atoms with Crippen LogP contribution in [-0.2, 0) is 14.3 Å². The molecule has 0 N–H and O–H groups in total. The monoisotopic (exact) mass is 316 g/mol. The summed E-state index contributed by atoms with van der Waals surface area (Å²) in [7, 11) is 4.16. The highest BCUT2D eigenvalue weighted by molar-refractivity contribution is 8.26. The largest absolute Gasteiger partial charge is 0.462 e. The van der Waals surface area contributed by atoms with Gasteiger partial charge in [0.05, 0.1) is 21.6 Å². The number of carbonyl (C=O) groups excluding carboxylic acids is 2. The van der Waals surface area contributed by atoms with Crippen molar-refractivity contribution in [1.82, 2.24) is 9.80 Å². The number of piperazine rings is 1. The number of esters is 1. The number of Topliss-reactive ketones (excluding diaryl/α,β-unsaturated/α-hetero) is 1. The van der Waals surface area contributed by atoms with Crippen LogP contribution in [0.4, 0.5) is 0 Å². The zero-order valence-electron chi connectivity index (χ0n) is 12.2. The number of rotatable bonds is 3. The average Bonchev–Trinajstić information content (AvgIpc) is 2.80. The second-order valence-corrected chi connectivity index (χ2v) is 7.43. The molecule has 0 amide bonds. The first-order chi connectivity index (χ1) is 9.45. The summed E-state index contributed by atoms with van der Waals surface area (Å²) in [6, 6.07) is 0. The van der Waals surface area contributed by atoms with E-state index in [1.54, 1.807) is 30.4 Å². The number of ketones is 1. The Labute approximate surface area is 128 Å². The van der Waals surface area contributed by atoms with Gasteiger partial charge in [-0.25, -0.2) is 4.79 Å². The molecule has 0 aromatic carbocycles. The van der Waals surface area contributed by atoms with Gasteiger partial charge in [0.25, 0.3) is 0 Å². The van der Waals surface area contributed by atoms with Crippen LogP contribution in [0, 0.1) is 0 Å². The van der Waals surface area contributed by atoms with Crippen LogP contribution in [0.25, 0.3) is 0 Å². The van der Waals surface area contributed by atoms with Gasteiger partial charge in [0.2, 0.25) is 0 Å². The van der Waals surface area contributed by atoms with Crippen LogP contribution in [-0.4, -0.2) is 66.1 Å². The Kier molecular flexibility index (Phi) is 5.17. The van der Waals surface area contributed by atoms with Crippen LogP contribution >= 0.6 is 23.5 Å². The van der Waals surface area contributed by atoms with E-state index in [-0.39, 0.29) is 28.7 Å². The first-order valence-electron chi connectivity index (χ1n) is 6.61. The lowest BCUT2D eigenvalue weighted by Crippen LogP contribution is -2.52. The fourth-order valence-electron chi connectivity index (χ4n) is 2.24. The molecule has 0 bridgehead atoms. The number of hydrogen-bond donors (Lipinski definition) is 0. The minimum Gasteiger partial charge on any atom is -0.462 e. The topological polar surface area (TPSA) is 49.9 Å². The van der Waals surface area contributed by atoms with E-state index in [1.165, 1.54) is 6.92 Å². The minimum absolute atomic E-state index is 0.207. The molecule has 0 aromatic rings. The van der Waals surface area contributed by atoms with Gasteiger partial charge in [0, 0.05) is 13.1 Å². The molecule has 7 heteroatoms. The van der Waals surface area contributed by atoms with Crippen LogP contribution < -0.4 is 0 Å². The van der Waals surface area contributed by atoms with Gasteiger partial charge in [-0.05, 0) is 27.9 Å². The van der Waals surface area contributed by atoms with E-state index in [0.29, 0.717) is 0 Å². The van der Waals surface area contributed by atoms with E-state index in [0.717, 1.165) is 17.3 Å². The lowest BCUT2D eigenvalue weighted by Gasteiger charge is -2.39. The molecule has 2 saturated heterocycles. The van der Waals surface area contributed by atoms with Gasteiger partial charge in [0.15, 0.2) is 5.78 Å². The molecule has 0 spiro atoms. The summed E-state index contributed by atoms with van der Waals surface area (Å²) in [6.45, 7) is 5.44. The van der Waals surface area contributed by atoms with Gasteiger partial charge < -0.3 is 4.74 Å². The highest BCUT2D eigenvalue weighted by Crippen LogP contribution is 2.51. The zero-order valence-corrected chi connectivity index (χ0v) is 13.8. The molecule has 112 valence electrons. The molecule has 2 atom stereocenters. The highest BCUT2D eigenvalue weighted by Gasteiger charge is 2.43. The molecule has 0 aromatic heterocycles. The average molecular weight is 316 g/mol. The Morgan fingerprint density at radius 2 is 1.70 bits per heavy atom. The Bertz CT molecular complexity index is 433. The van der Waals surface area contributed by atoms with Gasteiger partial charge in [-0.3, -0.25) is 14.6 Å². The Balaban J connectivity index is 2.29. The predicted octanol–water partition coefficient (Wildman–Crippen LogP) is 1.36. The van der Waals surface area contributed by atoms with Crippen molar-refractivity contribution < 1.29 is 14.3 Å². The summed E-state index contributed by atoms with van der Waals surface area (Å²) in [6.07, 6.45) is 0. The third-order valence-electron chi connectivity index (χ3n) is 3.41. The summed E-state index contributed by atoms with van der Waals surface area (Å²) in [5.41, 5.74) is 0.207. The van der Waals surface area contributed by atoms with Crippen molar-refractivity contribution in [2.24, 2.45) is 0 Å². The molecule has 0 aliphatic carbocycles. The minimum atomic E-state index is -0.501. The first kappa shape index (κ1) is 15.9. The molecule has 2 aliphatic rings. The molecular weight excluding hydrogens is 296 g/mol. The van der Waals surface area contributed by atoms with Crippen LogP contribution in [0.3, 0.4) is 0 Å². The smallest absolute Gasteiger partial charge is 0.343 e. The van der Waals surface area contributed by atoms with E-state index >= 15 is 0 Å². The molecule has 2 aliphatic heterocycles. The summed E-state index contributed by atoms with van der Waals surface area (Å²) >= 11 is 3.20. The third-order valence-corrected chi connectivity index (χ3v) is 6.71. The first-order valence-corrected chi connectivity index (χ1v) is 8.37. The predicted molar refractivity (Wildman–Crippen MR) is 82.4 cm³/mol. The zero-order chi connectivity index (χ0) is 14.9. The van der Waals surface area contributed by atoms with E-state index in [1.807, 2.05) is 0 Å². The van der Waals surface area contributed by atoms with Crippen molar-refractivity contribution in [3.63, 3.8) is 0 Å². The van der Waals surface area contributed by atoms with Crippen LogP contribution in [0.2, 0.25) is 0 Å².